The lowest BCUT2D eigenvalue weighted by atomic mass is 10.2. The quantitative estimate of drug-likeness (QED) is 0.182. The van der Waals surface area contributed by atoms with Gasteiger partial charge in [0.2, 0.25) is 0 Å². The number of H-pyrrole nitrogens is 1. The number of hydrogen-bond donors (Lipinski definition) is 1. The summed E-state index contributed by atoms with van der Waals surface area (Å²) in [7, 11) is 0. The van der Waals surface area contributed by atoms with E-state index in [1.165, 1.54) is 17.2 Å². The summed E-state index contributed by atoms with van der Waals surface area (Å²) in [6.07, 6.45) is 0. The van der Waals surface area contributed by atoms with Crippen LogP contribution in [0.25, 0.3) is 21.9 Å². The Morgan fingerprint density at radius 1 is 0.767 bits per heavy atom. The molecule has 0 aliphatic rings. The summed E-state index contributed by atoms with van der Waals surface area (Å²) in [4.78, 5) is 12.9. The molecule has 30 heavy (non-hydrogen) atoms. The summed E-state index contributed by atoms with van der Waals surface area (Å²) in [5.41, 5.74) is 4.06. The summed E-state index contributed by atoms with van der Waals surface area (Å²) >= 11 is 3.26. The van der Waals surface area contributed by atoms with Crippen molar-refractivity contribution >= 4 is 45.5 Å². The Kier molecular flexibility index (Phi) is 5.43. The molecule has 5 rings (SSSR count). The van der Waals surface area contributed by atoms with Crippen LogP contribution >= 0.6 is 23.5 Å². The van der Waals surface area contributed by atoms with E-state index in [0.29, 0.717) is 5.16 Å². The minimum Gasteiger partial charge on any atom is -0.339 e. The van der Waals surface area contributed by atoms with E-state index in [-0.39, 0.29) is 5.82 Å². The number of aromatic amines is 1. The summed E-state index contributed by atoms with van der Waals surface area (Å²) in [5.74, 6) is 1.33. The number of hydrogen-bond acceptors (Lipinski definition) is 4. The molecule has 3 nitrogen and oxygen atoms in total. The van der Waals surface area contributed by atoms with E-state index in [0.717, 1.165) is 38.5 Å². The second kappa shape index (κ2) is 8.50. The molecule has 6 heteroatoms. The molecule has 1 N–H and O–H groups in total. The van der Waals surface area contributed by atoms with Crippen molar-refractivity contribution < 1.29 is 4.39 Å². The summed E-state index contributed by atoms with van der Waals surface area (Å²) in [6.45, 7) is 0. The van der Waals surface area contributed by atoms with Gasteiger partial charge >= 0.3 is 0 Å². The van der Waals surface area contributed by atoms with E-state index in [4.69, 9.17) is 9.97 Å². The molecule has 0 radical (unpaired) electrons. The molecule has 0 saturated heterocycles. The predicted octanol–water partition coefficient (Wildman–Crippen LogP) is 6.83. The van der Waals surface area contributed by atoms with Crippen molar-refractivity contribution in [3.05, 3.63) is 95.8 Å². The predicted molar refractivity (Wildman–Crippen MR) is 123 cm³/mol. The van der Waals surface area contributed by atoms with E-state index < -0.39 is 0 Å². The zero-order valence-electron chi connectivity index (χ0n) is 16.0. The number of nitrogens with one attached hydrogen (secondary N) is 1. The maximum atomic E-state index is 13.9. The van der Waals surface area contributed by atoms with Crippen LogP contribution in [0.3, 0.4) is 0 Å². The van der Waals surface area contributed by atoms with E-state index in [1.807, 2.05) is 36.4 Å². The molecule has 0 spiro atoms. The van der Waals surface area contributed by atoms with Gasteiger partial charge in [0.25, 0.3) is 0 Å². The molecule has 2 aromatic heterocycles. The fourth-order valence-corrected chi connectivity index (χ4v) is 5.19. The third-order valence-electron chi connectivity index (χ3n) is 4.79. The zero-order chi connectivity index (χ0) is 20.3. The number of fused-ring (bicyclic) bond motifs is 3. The van der Waals surface area contributed by atoms with Crippen LogP contribution in [0.15, 0.2) is 89.0 Å². The molecule has 0 aliphatic carbocycles. The summed E-state index contributed by atoms with van der Waals surface area (Å²) in [5, 5.41) is 3.29. The van der Waals surface area contributed by atoms with Gasteiger partial charge in [0, 0.05) is 22.4 Å². The maximum Gasteiger partial charge on any atom is 0.190 e. The number of nitrogens with zero attached hydrogens (tertiary/aromatic N) is 2. The first kappa shape index (κ1) is 19.2. The fraction of sp³-hybridized carbons (Fsp3) is 0.0833. The van der Waals surface area contributed by atoms with Crippen molar-refractivity contribution in [1.29, 1.82) is 0 Å². The number of benzene rings is 3. The SMILES string of the molecule is Fc1ccc2[nH]c3nc(SCc4ccccc4)nc(SCc4ccccc4)c3c2c1. The Morgan fingerprint density at radius 2 is 1.43 bits per heavy atom. The topological polar surface area (TPSA) is 41.6 Å². The Balaban J connectivity index is 1.54. The molecule has 0 fully saturated rings. The lowest BCUT2D eigenvalue weighted by molar-refractivity contribution is 0.630. The summed E-state index contributed by atoms with van der Waals surface area (Å²) < 4.78 is 13.9. The van der Waals surface area contributed by atoms with Crippen LogP contribution in [0.5, 0.6) is 0 Å². The third-order valence-corrected chi connectivity index (χ3v) is 6.75. The van der Waals surface area contributed by atoms with Crippen molar-refractivity contribution in [3.8, 4) is 0 Å². The average Bonchev–Trinajstić information content (AvgIpc) is 3.15. The Morgan fingerprint density at radius 3 is 2.13 bits per heavy atom. The van der Waals surface area contributed by atoms with Crippen LogP contribution in [-0.4, -0.2) is 15.0 Å². The monoisotopic (exact) mass is 431 g/mol. The standard InChI is InChI=1S/C24H18FN3S2/c25-18-11-12-20-19(13-18)21-22(26-20)27-24(30-15-17-9-5-2-6-10-17)28-23(21)29-14-16-7-3-1-4-8-16/h1-13H,14-15H2,(H,26,27,28). The van der Waals surface area contributed by atoms with Crippen LogP contribution in [0.1, 0.15) is 11.1 Å². The van der Waals surface area contributed by atoms with Gasteiger partial charge in [-0.2, -0.15) is 0 Å². The fourth-order valence-electron chi connectivity index (χ4n) is 3.33. The second-order valence-corrected chi connectivity index (χ2v) is 8.80. The molecule has 5 aromatic rings. The molecule has 148 valence electrons. The second-order valence-electron chi connectivity index (χ2n) is 6.90. The van der Waals surface area contributed by atoms with E-state index in [1.54, 1.807) is 35.7 Å². The average molecular weight is 432 g/mol. The highest BCUT2D eigenvalue weighted by molar-refractivity contribution is 7.99. The first-order chi connectivity index (χ1) is 14.8. The van der Waals surface area contributed by atoms with Crippen molar-refractivity contribution in [2.45, 2.75) is 21.7 Å². The maximum absolute atomic E-state index is 13.9. The number of thioether (sulfide) groups is 2. The molecule has 0 amide bonds. The van der Waals surface area contributed by atoms with Crippen LogP contribution in [0, 0.1) is 5.82 Å². The lowest BCUT2D eigenvalue weighted by Gasteiger charge is -2.07. The molecular formula is C24H18FN3S2. The number of halogens is 1. The molecular weight excluding hydrogens is 413 g/mol. The van der Waals surface area contributed by atoms with Crippen molar-refractivity contribution in [3.63, 3.8) is 0 Å². The van der Waals surface area contributed by atoms with E-state index in [2.05, 4.69) is 29.2 Å². The van der Waals surface area contributed by atoms with Gasteiger partial charge in [-0.05, 0) is 29.3 Å². The Bertz CT molecular complexity index is 1300. The Hall–Kier alpha value is -2.83. The van der Waals surface area contributed by atoms with E-state index in [9.17, 15) is 4.39 Å². The minimum atomic E-state index is -0.259. The molecule has 0 aliphatic heterocycles. The van der Waals surface area contributed by atoms with Crippen molar-refractivity contribution in [2.75, 3.05) is 0 Å². The van der Waals surface area contributed by atoms with Crippen LogP contribution in [0.2, 0.25) is 0 Å². The normalized spacial score (nSPS) is 11.4. The minimum absolute atomic E-state index is 0.259. The molecule has 0 saturated carbocycles. The molecule has 0 atom stereocenters. The summed E-state index contributed by atoms with van der Waals surface area (Å²) in [6, 6.07) is 25.3. The van der Waals surface area contributed by atoms with Gasteiger partial charge in [-0.25, -0.2) is 14.4 Å². The van der Waals surface area contributed by atoms with Gasteiger partial charge in [-0.15, -0.1) is 11.8 Å². The highest BCUT2D eigenvalue weighted by Gasteiger charge is 2.15. The van der Waals surface area contributed by atoms with Crippen LogP contribution in [-0.2, 0) is 11.5 Å². The van der Waals surface area contributed by atoms with Gasteiger partial charge in [0.15, 0.2) is 5.16 Å². The van der Waals surface area contributed by atoms with Gasteiger partial charge in [0.05, 0.1) is 5.39 Å². The van der Waals surface area contributed by atoms with Crippen molar-refractivity contribution in [1.82, 2.24) is 15.0 Å². The van der Waals surface area contributed by atoms with E-state index >= 15 is 0 Å². The number of rotatable bonds is 6. The first-order valence-corrected chi connectivity index (χ1v) is 11.6. The number of aromatic nitrogens is 3. The molecule has 2 heterocycles. The zero-order valence-corrected chi connectivity index (χ0v) is 17.6. The Labute approximate surface area is 182 Å². The van der Waals surface area contributed by atoms with Gasteiger partial charge in [-0.1, -0.05) is 72.4 Å². The smallest absolute Gasteiger partial charge is 0.190 e. The van der Waals surface area contributed by atoms with Gasteiger partial charge < -0.3 is 4.98 Å². The molecule has 0 unspecified atom stereocenters. The van der Waals surface area contributed by atoms with Crippen LogP contribution in [0.4, 0.5) is 4.39 Å². The largest absolute Gasteiger partial charge is 0.339 e. The molecule has 0 bridgehead atoms. The van der Waals surface area contributed by atoms with Crippen molar-refractivity contribution in [2.24, 2.45) is 0 Å². The molecule has 3 aromatic carbocycles. The van der Waals surface area contributed by atoms with Gasteiger partial charge in [0.1, 0.15) is 16.5 Å². The first-order valence-electron chi connectivity index (χ1n) is 9.59. The third kappa shape index (κ3) is 4.06. The highest BCUT2D eigenvalue weighted by Crippen LogP contribution is 2.35. The van der Waals surface area contributed by atoms with Gasteiger partial charge in [-0.3, -0.25) is 0 Å². The van der Waals surface area contributed by atoms with Crippen LogP contribution < -0.4 is 0 Å². The lowest BCUT2D eigenvalue weighted by Crippen LogP contribution is -1.93. The highest BCUT2D eigenvalue weighted by atomic mass is 32.2.